The topological polar surface area (TPSA) is 125 Å². The van der Waals surface area contributed by atoms with E-state index in [-0.39, 0.29) is 16.9 Å². The average molecular weight is 645 g/mol. The Hall–Kier alpha value is -5.84. The van der Waals surface area contributed by atoms with Crippen LogP contribution in [-0.4, -0.2) is 41.3 Å². The number of carbonyl (C=O) groups is 3. The minimum Gasteiger partial charge on any atom is -0.478 e. The van der Waals surface area contributed by atoms with Gasteiger partial charge < -0.3 is 25.6 Å². The van der Waals surface area contributed by atoms with E-state index in [0.29, 0.717) is 11.5 Å². The third-order valence-corrected chi connectivity index (χ3v) is 7.67. The highest BCUT2D eigenvalue weighted by Gasteiger charge is 2.58. The van der Waals surface area contributed by atoms with Gasteiger partial charge in [0.25, 0.3) is 5.91 Å². The molecular formula is C36H31F3N2O6. The number of allylic oxidation sites excluding steroid dienone is 1. The van der Waals surface area contributed by atoms with E-state index in [1.807, 2.05) is 19.1 Å². The second-order valence-electron chi connectivity index (χ2n) is 10.8. The van der Waals surface area contributed by atoms with Gasteiger partial charge in [0, 0.05) is 24.0 Å². The number of alkyl halides is 3. The molecular weight excluding hydrogens is 613 g/mol. The number of ether oxygens (including phenoxy) is 1. The molecule has 0 aliphatic rings. The first-order chi connectivity index (χ1) is 22.1. The molecule has 0 aliphatic heterocycles. The number of anilines is 1. The monoisotopic (exact) mass is 644 g/mol. The number of carbonyl (C=O) groups excluding carboxylic acids is 1. The molecule has 47 heavy (non-hydrogen) atoms. The Morgan fingerprint density at radius 1 is 0.723 bits per heavy atom. The quantitative estimate of drug-likeness (QED) is 0.122. The van der Waals surface area contributed by atoms with Crippen LogP contribution in [0.3, 0.4) is 0 Å². The number of hydrogen-bond acceptors (Lipinski definition) is 5. The highest BCUT2D eigenvalue weighted by molar-refractivity contribution is 6.11. The van der Waals surface area contributed by atoms with Crippen molar-refractivity contribution in [1.29, 1.82) is 0 Å². The molecule has 0 heterocycles. The Morgan fingerprint density at radius 2 is 1.21 bits per heavy atom. The number of amides is 1. The molecule has 8 nitrogen and oxygen atoms in total. The van der Waals surface area contributed by atoms with Crippen LogP contribution in [0.25, 0.3) is 5.70 Å². The van der Waals surface area contributed by atoms with E-state index < -0.39 is 62.8 Å². The maximum absolute atomic E-state index is 15.3. The molecule has 0 radical (unpaired) electrons. The van der Waals surface area contributed by atoms with Crippen molar-refractivity contribution in [1.82, 2.24) is 5.32 Å². The molecule has 0 fully saturated rings. The number of hydrogen-bond donors (Lipinski definition) is 4. The average Bonchev–Trinajstić information content (AvgIpc) is 3.02. The number of aromatic carboxylic acids is 2. The van der Waals surface area contributed by atoms with Gasteiger partial charge in [0.15, 0.2) is 0 Å². The Balaban J connectivity index is 1.80. The van der Waals surface area contributed by atoms with Crippen LogP contribution in [0, 0.1) is 6.92 Å². The predicted octanol–water partition coefficient (Wildman–Crippen LogP) is 8.05. The van der Waals surface area contributed by atoms with Crippen molar-refractivity contribution in [2.75, 3.05) is 12.4 Å². The minimum absolute atomic E-state index is 0.0677. The Bertz CT molecular complexity index is 1880. The fourth-order valence-electron chi connectivity index (χ4n) is 5.28. The van der Waals surface area contributed by atoms with Crippen molar-refractivity contribution in [2.24, 2.45) is 0 Å². The fraction of sp³-hybridized carbons (Fsp3) is 0.139. The normalized spacial score (nSPS) is 12.4. The van der Waals surface area contributed by atoms with Crippen molar-refractivity contribution < 1.29 is 42.5 Å². The molecule has 0 saturated carbocycles. The number of rotatable bonds is 11. The smallest absolute Gasteiger partial charge is 0.406 e. The van der Waals surface area contributed by atoms with E-state index in [4.69, 9.17) is 4.74 Å². The van der Waals surface area contributed by atoms with Crippen molar-refractivity contribution >= 4 is 29.2 Å². The third kappa shape index (κ3) is 6.74. The van der Waals surface area contributed by atoms with Gasteiger partial charge >= 0.3 is 18.1 Å². The largest absolute Gasteiger partial charge is 0.478 e. The summed E-state index contributed by atoms with van der Waals surface area (Å²) in [4.78, 5) is 37.7. The highest BCUT2D eigenvalue weighted by Crippen LogP contribution is 2.51. The van der Waals surface area contributed by atoms with Crippen LogP contribution >= 0.6 is 0 Å². The standard InChI is InChI=1S/C36H31F3N2O6/c1-20(2)35(36(37,38)39,24-8-16-28(22(4)40-5)31(19-24)34(45)46)23-9-17-29(33(43)44)30(18-23)32(42)41-25-10-14-27(15-11-25)47-26-12-6-21(3)7-13-26/h6-19,40H,1,4H2,2-3,5H3,(H,41,42)(H,43,44)(H,45,46). The molecule has 0 aromatic heterocycles. The first-order valence-corrected chi connectivity index (χ1v) is 14.1. The minimum atomic E-state index is -5.11. The van der Waals surface area contributed by atoms with Crippen LogP contribution < -0.4 is 15.4 Å². The summed E-state index contributed by atoms with van der Waals surface area (Å²) < 4.78 is 51.8. The highest BCUT2D eigenvalue weighted by atomic mass is 19.4. The van der Waals surface area contributed by atoms with E-state index in [9.17, 15) is 24.6 Å². The number of carboxylic acid groups (broad SMARTS) is 2. The molecule has 0 aliphatic carbocycles. The molecule has 1 amide bonds. The summed E-state index contributed by atoms with van der Waals surface area (Å²) in [5.74, 6) is -2.99. The first-order valence-electron chi connectivity index (χ1n) is 14.1. The number of carboxylic acids is 2. The van der Waals surface area contributed by atoms with Gasteiger partial charge in [0.2, 0.25) is 0 Å². The van der Waals surface area contributed by atoms with Crippen LogP contribution in [0.5, 0.6) is 11.5 Å². The molecule has 1 atom stereocenters. The molecule has 0 bridgehead atoms. The maximum Gasteiger partial charge on any atom is 0.406 e. The summed E-state index contributed by atoms with van der Waals surface area (Å²) in [6, 6.07) is 19.3. The summed E-state index contributed by atoms with van der Waals surface area (Å²) in [5.41, 5.74) is -4.55. The van der Waals surface area contributed by atoms with Gasteiger partial charge in [-0.3, -0.25) is 4.79 Å². The molecule has 11 heteroatoms. The first kappa shape index (κ1) is 34.0. The maximum atomic E-state index is 15.3. The zero-order chi connectivity index (χ0) is 34.7. The van der Waals surface area contributed by atoms with Gasteiger partial charge in [-0.15, -0.1) is 0 Å². The van der Waals surface area contributed by atoms with Gasteiger partial charge in [-0.25, -0.2) is 9.59 Å². The number of benzene rings is 4. The van der Waals surface area contributed by atoms with E-state index >= 15 is 13.2 Å². The zero-order valence-electron chi connectivity index (χ0n) is 25.7. The van der Waals surface area contributed by atoms with Gasteiger partial charge in [0.05, 0.1) is 16.7 Å². The van der Waals surface area contributed by atoms with Crippen LogP contribution in [0.1, 0.15) is 60.3 Å². The number of nitrogens with one attached hydrogen (secondary N) is 2. The molecule has 4 aromatic rings. The van der Waals surface area contributed by atoms with E-state index in [2.05, 4.69) is 23.8 Å². The zero-order valence-corrected chi connectivity index (χ0v) is 25.7. The van der Waals surface area contributed by atoms with E-state index in [1.165, 1.54) is 25.2 Å². The summed E-state index contributed by atoms with van der Waals surface area (Å²) in [7, 11) is 1.49. The van der Waals surface area contributed by atoms with Crippen molar-refractivity contribution in [2.45, 2.75) is 25.4 Å². The van der Waals surface area contributed by atoms with Crippen molar-refractivity contribution in [3.63, 3.8) is 0 Å². The molecule has 242 valence electrons. The molecule has 1 unspecified atom stereocenters. The van der Waals surface area contributed by atoms with Gasteiger partial charge in [-0.05, 0) is 79.6 Å². The van der Waals surface area contributed by atoms with Gasteiger partial charge in [-0.1, -0.05) is 54.6 Å². The van der Waals surface area contributed by atoms with E-state index in [1.54, 1.807) is 24.3 Å². The lowest BCUT2D eigenvalue weighted by Crippen LogP contribution is -2.44. The lowest BCUT2D eigenvalue weighted by molar-refractivity contribution is -0.167. The Labute approximate surface area is 268 Å². The van der Waals surface area contributed by atoms with Crippen molar-refractivity contribution in [3.05, 3.63) is 143 Å². The molecule has 4 rings (SSSR count). The Morgan fingerprint density at radius 3 is 1.68 bits per heavy atom. The lowest BCUT2D eigenvalue weighted by atomic mass is 9.68. The Kier molecular flexibility index (Phi) is 9.60. The summed E-state index contributed by atoms with van der Waals surface area (Å²) in [6.45, 7) is 10.4. The predicted molar refractivity (Wildman–Crippen MR) is 172 cm³/mol. The molecule has 4 N–H and O–H groups in total. The van der Waals surface area contributed by atoms with Crippen LogP contribution in [0.4, 0.5) is 18.9 Å². The summed E-state index contributed by atoms with van der Waals surface area (Å²) in [6.07, 6.45) is -5.11. The number of halogens is 3. The SMILES string of the molecule is C=C(NC)c1ccc(C(C(=C)C)(c2ccc(C(=O)O)c(C(=O)Nc3ccc(Oc4ccc(C)cc4)cc3)c2)C(F)(F)F)cc1C(=O)O. The van der Waals surface area contributed by atoms with Crippen LogP contribution in [0.2, 0.25) is 0 Å². The molecule has 0 saturated heterocycles. The van der Waals surface area contributed by atoms with Crippen LogP contribution in [-0.2, 0) is 5.41 Å². The number of aryl methyl sites for hydroxylation is 1. The second-order valence-corrected chi connectivity index (χ2v) is 10.8. The van der Waals surface area contributed by atoms with E-state index in [0.717, 1.165) is 42.8 Å². The summed E-state index contributed by atoms with van der Waals surface area (Å²) in [5, 5.41) is 24.9. The summed E-state index contributed by atoms with van der Waals surface area (Å²) >= 11 is 0. The van der Waals surface area contributed by atoms with Gasteiger partial charge in [0.1, 0.15) is 16.9 Å². The second kappa shape index (κ2) is 13.3. The molecule has 4 aromatic carbocycles. The lowest BCUT2D eigenvalue weighted by Gasteiger charge is -2.38. The fourth-order valence-corrected chi connectivity index (χ4v) is 5.28. The van der Waals surface area contributed by atoms with Gasteiger partial charge in [-0.2, -0.15) is 13.2 Å². The molecule has 0 spiro atoms. The third-order valence-electron chi connectivity index (χ3n) is 7.67. The van der Waals surface area contributed by atoms with Crippen LogP contribution in [0.15, 0.2) is 104 Å². The van der Waals surface area contributed by atoms with Crippen molar-refractivity contribution in [3.8, 4) is 11.5 Å².